The zero-order chi connectivity index (χ0) is 30.3. The lowest BCUT2D eigenvalue weighted by atomic mass is 9.54. The Kier molecular flexibility index (Phi) is 6.78. The molecule has 1 N–H and O–H groups in total. The maximum Gasteiger partial charge on any atom is 0.248 e. The number of carbonyl (C=O) groups is 3. The molecule has 4 aromatic rings. The van der Waals surface area contributed by atoms with E-state index in [0.717, 1.165) is 16.0 Å². The standard InChI is InChI=1S/C34H24BrCl3N2O3/c1-18-15-24(35)25(36)17-26(18)39-30(41)27(16-19-9-3-2-4-10-19)40-31(42)28-29(32(40)43)34(38)21-12-6-5-11-20(21)33(28,37)22-13-7-8-14-23(22)34/h2-15,17,27-29H,16H2,1H3,(H,39,41)/t27-,28-,29-,33?,34?/m0/s1. The van der Waals surface area contributed by atoms with E-state index in [-0.39, 0.29) is 6.42 Å². The lowest BCUT2D eigenvalue weighted by molar-refractivity contribution is -0.146. The molecule has 1 saturated heterocycles. The van der Waals surface area contributed by atoms with E-state index in [4.69, 9.17) is 34.8 Å². The van der Waals surface area contributed by atoms with Gasteiger partial charge in [-0.3, -0.25) is 19.3 Å². The maximum atomic E-state index is 14.6. The summed E-state index contributed by atoms with van der Waals surface area (Å²) < 4.78 is 0.689. The van der Waals surface area contributed by atoms with Gasteiger partial charge in [-0.2, -0.15) is 0 Å². The molecule has 9 heteroatoms. The Morgan fingerprint density at radius 3 is 1.79 bits per heavy atom. The van der Waals surface area contributed by atoms with Crippen LogP contribution in [0.15, 0.2) is 95.5 Å². The smallest absolute Gasteiger partial charge is 0.248 e. The second-order valence-corrected chi connectivity index (χ2v) is 13.7. The summed E-state index contributed by atoms with van der Waals surface area (Å²) in [5.74, 6) is -3.54. The van der Waals surface area contributed by atoms with Gasteiger partial charge in [0.15, 0.2) is 0 Å². The van der Waals surface area contributed by atoms with Crippen molar-refractivity contribution in [3.63, 3.8) is 0 Å². The first-order valence-electron chi connectivity index (χ1n) is 13.8. The molecule has 0 radical (unpaired) electrons. The fourth-order valence-corrected chi connectivity index (χ4v) is 8.85. The number of nitrogens with zero attached hydrogens (tertiary/aromatic N) is 1. The summed E-state index contributed by atoms with van der Waals surface area (Å²) in [5, 5.41) is 3.35. The van der Waals surface area contributed by atoms with E-state index in [1.165, 1.54) is 0 Å². The number of nitrogens with one attached hydrogen (secondary N) is 1. The molecule has 2 bridgehead atoms. The first kappa shape index (κ1) is 28.6. The van der Waals surface area contributed by atoms with E-state index < -0.39 is 45.3 Å². The van der Waals surface area contributed by atoms with Gasteiger partial charge in [0.05, 0.1) is 16.9 Å². The molecule has 3 amide bonds. The third-order valence-corrected chi connectivity index (χ3v) is 11.5. The molecule has 0 aromatic heterocycles. The van der Waals surface area contributed by atoms with Crippen LogP contribution in [0.2, 0.25) is 5.02 Å². The molecule has 8 rings (SSSR count). The summed E-state index contributed by atoms with van der Waals surface area (Å²) in [5.41, 5.74) is 4.86. The average molecular weight is 695 g/mol. The highest BCUT2D eigenvalue weighted by atomic mass is 79.9. The average Bonchev–Trinajstić information content (AvgIpc) is 3.28. The van der Waals surface area contributed by atoms with Gasteiger partial charge in [-0.1, -0.05) is 90.5 Å². The Morgan fingerprint density at radius 1 is 0.837 bits per heavy atom. The fourth-order valence-electron chi connectivity index (χ4n) is 7.13. The normalized spacial score (nSPS) is 25.7. The van der Waals surface area contributed by atoms with Crippen molar-refractivity contribution < 1.29 is 14.4 Å². The Morgan fingerprint density at radius 2 is 1.30 bits per heavy atom. The molecule has 0 spiro atoms. The van der Waals surface area contributed by atoms with Crippen LogP contribution < -0.4 is 5.32 Å². The van der Waals surface area contributed by atoms with Gasteiger partial charge in [0.25, 0.3) is 0 Å². The van der Waals surface area contributed by atoms with Gasteiger partial charge in [-0.05, 0) is 68.4 Å². The zero-order valence-electron chi connectivity index (χ0n) is 22.8. The maximum absolute atomic E-state index is 14.6. The summed E-state index contributed by atoms with van der Waals surface area (Å²) >= 11 is 24.9. The van der Waals surface area contributed by atoms with Crippen molar-refractivity contribution in [2.45, 2.75) is 29.1 Å². The largest absolute Gasteiger partial charge is 0.324 e. The van der Waals surface area contributed by atoms with Crippen LogP contribution in [-0.4, -0.2) is 28.7 Å². The highest BCUT2D eigenvalue weighted by Gasteiger charge is 2.73. The number of aryl methyl sites for hydroxylation is 1. The van der Waals surface area contributed by atoms with E-state index in [1.54, 1.807) is 12.1 Å². The molecule has 4 aliphatic rings. The van der Waals surface area contributed by atoms with Crippen molar-refractivity contribution in [3.8, 4) is 0 Å². The predicted octanol–water partition coefficient (Wildman–Crippen LogP) is 7.55. The van der Waals surface area contributed by atoms with Crippen LogP contribution in [0.5, 0.6) is 0 Å². The number of hydrogen-bond donors (Lipinski definition) is 1. The topological polar surface area (TPSA) is 66.5 Å². The number of anilines is 1. The number of halogens is 4. The molecule has 43 heavy (non-hydrogen) atoms. The minimum atomic E-state index is -1.33. The Balaban J connectivity index is 1.36. The number of carbonyl (C=O) groups excluding carboxylic acids is 3. The third-order valence-electron chi connectivity index (χ3n) is 9.03. The van der Waals surface area contributed by atoms with Gasteiger partial charge < -0.3 is 5.32 Å². The van der Waals surface area contributed by atoms with E-state index >= 15 is 0 Å². The Bertz CT molecular complexity index is 1720. The highest BCUT2D eigenvalue weighted by Crippen LogP contribution is 2.69. The van der Waals surface area contributed by atoms with Crippen LogP contribution in [0, 0.1) is 18.8 Å². The van der Waals surface area contributed by atoms with E-state index in [0.29, 0.717) is 37.4 Å². The second-order valence-electron chi connectivity index (χ2n) is 11.3. The van der Waals surface area contributed by atoms with Crippen molar-refractivity contribution in [1.82, 2.24) is 4.90 Å². The van der Waals surface area contributed by atoms with Crippen molar-refractivity contribution in [2.75, 3.05) is 5.32 Å². The molecule has 1 fully saturated rings. The number of alkyl halides is 2. The van der Waals surface area contributed by atoms with Gasteiger partial charge in [0, 0.05) is 16.6 Å². The van der Waals surface area contributed by atoms with E-state index in [9.17, 15) is 14.4 Å². The molecule has 0 unspecified atom stereocenters. The molecule has 0 saturated carbocycles. The SMILES string of the molecule is Cc1cc(Br)c(Cl)cc1NC(=O)[C@H](Cc1ccccc1)N1C(=O)[C@@H]2[C@@H](C1=O)C1(Cl)c3ccccc3C2(Cl)c2ccccc21. The highest BCUT2D eigenvalue weighted by molar-refractivity contribution is 9.10. The summed E-state index contributed by atoms with van der Waals surface area (Å²) in [6.07, 6.45) is 0.109. The molecular formula is C34H24BrCl3N2O3. The quantitative estimate of drug-likeness (QED) is 0.173. The van der Waals surface area contributed by atoms with Crippen LogP contribution >= 0.6 is 50.7 Å². The molecule has 1 heterocycles. The minimum Gasteiger partial charge on any atom is -0.324 e. The number of hydrogen-bond acceptors (Lipinski definition) is 3. The lowest BCUT2D eigenvalue weighted by Gasteiger charge is -2.54. The van der Waals surface area contributed by atoms with E-state index in [2.05, 4.69) is 21.2 Å². The van der Waals surface area contributed by atoms with Crippen LogP contribution in [0.4, 0.5) is 5.69 Å². The summed E-state index contributed by atoms with van der Waals surface area (Å²) in [7, 11) is 0. The van der Waals surface area contributed by atoms with Crippen LogP contribution in [-0.2, 0) is 30.6 Å². The molecule has 5 nitrogen and oxygen atoms in total. The van der Waals surface area contributed by atoms with Gasteiger partial charge in [0.2, 0.25) is 17.7 Å². The Hall–Kier alpha value is -3.16. The lowest BCUT2D eigenvalue weighted by Crippen LogP contribution is -2.57. The van der Waals surface area contributed by atoms with Crippen molar-refractivity contribution in [1.29, 1.82) is 0 Å². The molecular weight excluding hydrogens is 671 g/mol. The predicted molar refractivity (Wildman–Crippen MR) is 171 cm³/mol. The van der Waals surface area contributed by atoms with Crippen LogP contribution in [0.1, 0.15) is 33.4 Å². The summed E-state index contributed by atoms with van der Waals surface area (Å²) in [6.45, 7) is 1.84. The summed E-state index contributed by atoms with van der Waals surface area (Å²) in [4.78, 5) is 41.8. The first-order chi connectivity index (χ1) is 20.6. The van der Waals surface area contributed by atoms with Crippen molar-refractivity contribution in [3.05, 3.63) is 134 Å². The van der Waals surface area contributed by atoms with Crippen LogP contribution in [0.3, 0.4) is 0 Å². The first-order valence-corrected chi connectivity index (χ1v) is 15.8. The van der Waals surface area contributed by atoms with Gasteiger partial charge in [-0.15, -0.1) is 23.2 Å². The van der Waals surface area contributed by atoms with Crippen molar-refractivity contribution in [2.24, 2.45) is 11.8 Å². The Labute approximate surface area is 272 Å². The number of benzene rings is 4. The van der Waals surface area contributed by atoms with Crippen LogP contribution in [0.25, 0.3) is 0 Å². The van der Waals surface area contributed by atoms with Crippen molar-refractivity contribution >= 4 is 74.1 Å². The number of amides is 3. The van der Waals surface area contributed by atoms with Gasteiger partial charge >= 0.3 is 0 Å². The zero-order valence-corrected chi connectivity index (χ0v) is 26.6. The minimum absolute atomic E-state index is 0.109. The summed E-state index contributed by atoms with van der Waals surface area (Å²) in [6, 6.07) is 26.5. The second kappa shape index (κ2) is 10.2. The number of rotatable bonds is 5. The monoisotopic (exact) mass is 692 g/mol. The van der Waals surface area contributed by atoms with Gasteiger partial charge in [-0.25, -0.2) is 0 Å². The number of imide groups is 1. The third kappa shape index (κ3) is 4.00. The fraction of sp³-hybridized carbons (Fsp3) is 0.206. The molecule has 3 atom stereocenters. The number of likely N-dealkylation sites (tertiary alicyclic amines) is 1. The molecule has 1 aliphatic heterocycles. The molecule has 3 aliphatic carbocycles. The van der Waals surface area contributed by atoms with Gasteiger partial charge in [0.1, 0.15) is 15.8 Å². The van der Waals surface area contributed by atoms with E-state index in [1.807, 2.05) is 85.8 Å². The molecule has 216 valence electrons. The molecule has 4 aromatic carbocycles.